The van der Waals surface area contributed by atoms with E-state index in [1.165, 1.54) is 0 Å². The van der Waals surface area contributed by atoms with Gasteiger partial charge in [-0.15, -0.1) is 5.10 Å². The fourth-order valence-electron chi connectivity index (χ4n) is 3.75. The number of hydrogen-bond donors (Lipinski definition) is 2. The van der Waals surface area contributed by atoms with Gasteiger partial charge in [0.1, 0.15) is 0 Å². The maximum Gasteiger partial charge on any atom is 0.320 e. The molecule has 32 heavy (non-hydrogen) atoms. The molecule has 1 aliphatic heterocycles. The largest absolute Gasteiger partial charge is 0.399 e. The summed E-state index contributed by atoms with van der Waals surface area (Å²) in [6.45, 7) is 8.57. The molecule has 1 saturated heterocycles. The van der Waals surface area contributed by atoms with Gasteiger partial charge in [-0.05, 0) is 55.3 Å². The number of hydrogen-bond acceptors (Lipinski definition) is 7. The molecule has 0 bridgehead atoms. The van der Waals surface area contributed by atoms with Gasteiger partial charge in [0.25, 0.3) is 0 Å². The van der Waals surface area contributed by atoms with Gasteiger partial charge in [-0.3, -0.25) is 9.59 Å². The standard InChI is InChI=1S/C23H26N6O3/c1-15-5-4-6-18(13-15)25-23-27-26-22(32-23)21(31)24-19-7-8-20(16(2)14-19)29-11-9-28(10-12-29)17(3)30/h4-8,13-14H,9-12H2,1-3H3,(H,24,31)(H,25,27). The minimum Gasteiger partial charge on any atom is -0.399 e. The Morgan fingerprint density at radius 1 is 0.969 bits per heavy atom. The lowest BCUT2D eigenvalue weighted by Crippen LogP contribution is -2.48. The molecule has 9 nitrogen and oxygen atoms in total. The molecule has 2 heterocycles. The van der Waals surface area contributed by atoms with Gasteiger partial charge in [0.15, 0.2) is 0 Å². The van der Waals surface area contributed by atoms with Crippen LogP contribution in [0.1, 0.15) is 28.7 Å². The number of nitrogens with one attached hydrogen (secondary N) is 2. The van der Waals surface area contributed by atoms with Crippen molar-refractivity contribution < 1.29 is 14.0 Å². The monoisotopic (exact) mass is 434 g/mol. The van der Waals surface area contributed by atoms with Crippen molar-refractivity contribution in [2.75, 3.05) is 41.7 Å². The van der Waals surface area contributed by atoms with Gasteiger partial charge in [0.2, 0.25) is 5.91 Å². The minimum absolute atomic E-state index is 0.109. The third-order valence-corrected chi connectivity index (χ3v) is 5.41. The first kappa shape index (κ1) is 21.4. The number of aryl methyl sites for hydroxylation is 2. The summed E-state index contributed by atoms with van der Waals surface area (Å²) in [5.74, 6) is -0.489. The van der Waals surface area contributed by atoms with Crippen LogP contribution in [0.4, 0.5) is 23.1 Å². The highest BCUT2D eigenvalue weighted by molar-refractivity contribution is 6.01. The van der Waals surface area contributed by atoms with Gasteiger partial charge >= 0.3 is 17.8 Å². The van der Waals surface area contributed by atoms with E-state index >= 15 is 0 Å². The first-order chi connectivity index (χ1) is 15.4. The van der Waals surface area contributed by atoms with Crippen molar-refractivity contribution in [1.82, 2.24) is 15.1 Å². The van der Waals surface area contributed by atoms with E-state index in [0.29, 0.717) is 18.8 Å². The summed E-state index contributed by atoms with van der Waals surface area (Å²) in [6.07, 6.45) is 0. The van der Waals surface area contributed by atoms with E-state index in [-0.39, 0.29) is 17.8 Å². The van der Waals surface area contributed by atoms with Crippen molar-refractivity contribution in [2.45, 2.75) is 20.8 Å². The zero-order chi connectivity index (χ0) is 22.7. The Labute approximate surface area is 186 Å². The molecule has 2 aromatic carbocycles. The summed E-state index contributed by atoms with van der Waals surface area (Å²) >= 11 is 0. The molecule has 0 aliphatic carbocycles. The zero-order valence-corrected chi connectivity index (χ0v) is 18.4. The molecular weight excluding hydrogens is 408 g/mol. The number of anilines is 4. The zero-order valence-electron chi connectivity index (χ0n) is 18.4. The van der Waals surface area contributed by atoms with Gasteiger partial charge < -0.3 is 24.9 Å². The number of carbonyl (C=O) groups is 2. The summed E-state index contributed by atoms with van der Waals surface area (Å²) in [7, 11) is 0. The molecule has 0 unspecified atom stereocenters. The van der Waals surface area contributed by atoms with Crippen molar-refractivity contribution in [2.24, 2.45) is 0 Å². The maximum atomic E-state index is 12.5. The highest BCUT2D eigenvalue weighted by atomic mass is 16.4. The molecule has 1 aromatic heterocycles. The van der Waals surface area contributed by atoms with E-state index in [2.05, 4.69) is 25.7 Å². The van der Waals surface area contributed by atoms with Crippen molar-refractivity contribution >= 4 is 34.9 Å². The van der Waals surface area contributed by atoms with Gasteiger partial charge in [0.05, 0.1) is 0 Å². The average molecular weight is 435 g/mol. The second-order valence-electron chi connectivity index (χ2n) is 7.86. The lowest BCUT2D eigenvalue weighted by molar-refractivity contribution is -0.129. The van der Waals surface area contributed by atoms with Gasteiger partial charge in [-0.2, -0.15) is 0 Å². The van der Waals surface area contributed by atoms with E-state index in [0.717, 1.165) is 35.6 Å². The molecule has 2 N–H and O–H groups in total. The van der Waals surface area contributed by atoms with Crippen LogP contribution in [0.2, 0.25) is 0 Å². The topological polar surface area (TPSA) is 104 Å². The number of rotatable bonds is 5. The van der Waals surface area contributed by atoms with Crippen LogP contribution in [0, 0.1) is 13.8 Å². The summed E-state index contributed by atoms with van der Waals surface area (Å²) in [4.78, 5) is 28.2. The Balaban J connectivity index is 1.38. The highest BCUT2D eigenvalue weighted by Crippen LogP contribution is 2.25. The van der Waals surface area contributed by atoms with Crippen LogP contribution in [-0.4, -0.2) is 53.1 Å². The number of benzene rings is 2. The van der Waals surface area contributed by atoms with E-state index in [1.54, 1.807) is 6.92 Å². The lowest BCUT2D eigenvalue weighted by atomic mass is 10.1. The molecular formula is C23H26N6O3. The Hall–Kier alpha value is -3.88. The van der Waals surface area contributed by atoms with Crippen LogP contribution in [0.5, 0.6) is 0 Å². The van der Waals surface area contributed by atoms with Crippen LogP contribution in [0.25, 0.3) is 0 Å². The lowest BCUT2D eigenvalue weighted by Gasteiger charge is -2.36. The average Bonchev–Trinajstić information content (AvgIpc) is 3.23. The van der Waals surface area contributed by atoms with Gasteiger partial charge in [0, 0.05) is 50.2 Å². The fourth-order valence-corrected chi connectivity index (χ4v) is 3.75. The van der Waals surface area contributed by atoms with Crippen LogP contribution < -0.4 is 15.5 Å². The molecule has 4 rings (SSSR count). The molecule has 0 saturated carbocycles. The maximum absolute atomic E-state index is 12.5. The Bertz CT molecular complexity index is 1130. The second-order valence-corrected chi connectivity index (χ2v) is 7.86. The number of piperazine rings is 1. The highest BCUT2D eigenvalue weighted by Gasteiger charge is 2.20. The third kappa shape index (κ3) is 4.88. The molecule has 0 radical (unpaired) electrons. The Morgan fingerprint density at radius 2 is 1.75 bits per heavy atom. The fraction of sp³-hybridized carbons (Fsp3) is 0.304. The summed E-state index contributed by atoms with van der Waals surface area (Å²) < 4.78 is 5.45. The molecule has 0 spiro atoms. The van der Waals surface area contributed by atoms with Crippen molar-refractivity contribution in [3.05, 3.63) is 59.5 Å². The summed E-state index contributed by atoms with van der Waals surface area (Å²) in [5.41, 5.74) is 4.66. The predicted molar refractivity (Wildman–Crippen MR) is 122 cm³/mol. The van der Waals surface area contributed by atoms with Gasteiger partial charge in [-0.1, -0.05) is 17.2 Å². The molecule has 166 valence electrons. The van der Waals surface area contributed by atoms with E-state index in [4.69, 9.17) is 4.42 Å². The van der Waals surface area contributed by atoms with Gasteiger partial charge in [-0.25, -0.2) is 0 Å². The molecule has 2 amide bonds. The normalized spacial score (nSPS) is 13.7. The van der Waals surface area contributed by atoms with E-state index in [1.807, 2.05) is 61.2 Å². The van der Waals surface area contributed by atoms with Crippen molar-refractivity contribution in [3.8, 4) is 0 Å². The Kier molecular flexibility index (Phi) is 6.07. The van der Waals surface area contributed by atoms with Crippen LogP contribution >= 0.6 is 0 Å². The first-order valence-electron chi connectivity index (χ1n) is 10.5. The number of aromatic nitrogens is 2. The van der Waals surface area contributed by atoms with Crippen LogP contribution in [0.3, 0.4) is 0 Å². The first-order valence-corrected chi connectivity index (χ1v) is 10.5. The third-order valence-electron chi connectivity index (χ3n) is 5.41. The minimum atomic E-state index is -0.475. The molecule has 9 heteroatoms. The number of carbonyl (C=O) groups excluding carboxylic acids is 2. The predicted octanol–water partition coefficient (Wildman–Crippen LogP) is 3.35. The second kappa shape index (κ2) is 9.09. The van der Waals surface area contributed by atoms with E-state index in [9.17, 15) is 9.59 Å². The molecule has 0 atom stereocenters. The molecule has 1 aliphatic rings. The smallest absolute Gasteiger partial charge is 0.320 e. The molecule has 3 aromatic rings. The van der Waals surface area contributed by atoms with Crippen molar-refractivity contribution in [3.63, 3.8) is 0 Å². The Morgan fingerprint density at radius 3 is 2.44 bits per heavy atom. The summed E-state index contributed by atoms with van der Waals surface area (Å²) in [5, 5.41) is 13.5. The number of nitrogens with zero attached hydrogens (tertiary/aromatic N) is 4. The summed E-state index contributed by atoms with van der Waals surface area (Å²) in [6, 6.07) is 13.6. The van der Waals surface area contributed by atoms with Crippen LogP contribution in [0.15, 0.2) is 46.9 Å². The van der Waals surface area contributed by atoms with Crippen molar-refractivity contribution in [1.29, 1.82) is 0 Å². The SMILES string of the molecule is CC(=O)N1CCN(c2ccc(NC(=O)c3nnc(Nc4cccc(C)c4)o3)cc2C)CC1. The van der Waals surface area contributed by atoms with E-state index < -0.39 is 5.91 Å². The molecule has 1 fully saturated rings. The quantitative estimate of drug-likeness (QED) is 0.635. The van der Waals surface area contributed by atoms with Crippen LogP contribution in [-0.2, 0) is 4.79 Å². The number of amides is 2.